The van der Waals surface area contributed by atoms with Crippen LogP contribution in [0.25, 0.3) is 0 Å². The SMILES string of the molecule is O=C1O[C@@H]([C@H](O)[C@@H](O)CO)[C@@H](O)[C@@H]1O. The van der Waals surface area contributed by atoms with Crippen LogP contribution in [0, 0.1) is 0 Å². The smallest absolute Gasteiger partial charge is 0.338 e. The molecule has 0 amide bonds. The maximum absolute atomic E-state index is 10.7. The zero-order valence-corrected chi connectivity index (χ0v) is 7.15. The second kappa shape index (κ2) is 4.20. The van der Waals surface area contributed by atoms with Crippen molar-refractivity contribution >= 4 is 5.97 Å². The lowest BCUT2D eigenvalue weighted by Gasteiger charge is -2.23. The van der Waals surface area contributed by atoms with Gasteiger partial charge >= 0.3 is 5.97 Å². The summed E-state index contributed by atoms with van der Waals surface area (Å²) < 4.78 is 4.41. The number of cyclic esters (lactones) is 1. The minimum atomic E-state index is -1.72. The van der Waals surface area contributed by atoms with E-state index in [0.29, 0.717) is 0 Å². The Hall–Kier alpha value is -0.730. The van der Waals surface area contributed by atoms with Crippen LogP contribution in [-0.2, 0) is 9.53 Å². The molecule has 1 saturated heterocycles. The van der Waals surface area contributed by atoms with Crippen LogP contribution in [0.1, 0.15) is 0 Å². The molecule has 7 heteroatoms. The van der Waals surface area contributed by atoms with Gasteiger partial charge in [0.15, 0.2) is 12.2 Å². The van der Waals surface area contributed by atoms with Gasteiger partial charge in [-0.1, -0.05) is 0 Å². The molecule has 7 nitrogen and oxygen atoms in total. The van der Waals surface area contributed by atoms with Crippen molar-refractivity contribution in [2.45, 2.75) is 30.5 Å². The van der Waals surface area contributed by atoms with Crippen LogP contribution in [0.2, 0.25) is 0 Å². The highest BCUT2D eigenvalue weighted by molar-refractivity contribution is 5.77. The molecule has 0 aromatic rings. The Morgan fingerprint density at radius 2 is 1.93 bits per heavy atom. The minimum absolute atomic E-state index is 0.738. The van der Waals surface area contributed by atoms with Crippen LogP contribution in [0.15, 0.2) is 0 Å². The summed E-state index contributed by atoms with van der Waals surface area (Å²) in [6.07, 6.45) is -7.90. The Balaban J connectivity index is 2.66. The van der Waals surface area contributed by atoms with Crippen molar-refractivity contribution in [1.82, 2.24) is 0 Å². The summed E-state index contributed by atoms with van der Waals surface area (Å²) in [7, 11) is 0. The van der Waals surface area contributed by atoms with E-state index < -0.39 is 43.1 Å². The van der Waals surface area contributed by atoms with E-state index in [1.165, 1.54) is 0 Å². The normalized spacial score (nSPS) is 36.6. The fraction of sp³-hybridized carbons (Fsp3) is 0.857. The average Bonchev–Trinajstić information content (AvgIpc) is 2.43. The molecule has 0 bridgehead atoms. The Kier molecular flexibility index (Phi) is 3.40. The minimum Gasteiger partial charge on any atom is -0.455 e. The lowest BCUT2D eigenvalue weighted by Crippen LogP contribution is -2.46. The van der Waals surface area contributed by atoms with Crippen LogP contribution in [-0.4, -0.2) is 68.6 Å². The molecule has 1 rings (SSSR count). The molecule has 1 fully saturated rings. The van der Waals surface area contributed by atoms with E-state index in [2.05, 4.69) is 4.74 Å². The van der Waals surface area contributed by atoms with Gasteiger partial charge in [-0.15, -0.1) is 0 Å². The van der Waals surface area contributed by atoms with Crippen LogP contribution in [0.5, 0.6) is 0 Å². The Morgan fingerprint density at radius 3 is 2.29 bits per heavy atom. The van der Waals surface area contributed by atoms with Gasteiger partial charge in [0.05, 0.1) is 6.61 Å². The number of carbonyl (C=O) groups is 1. The number of carbonyl (C=O) groups excluding carboxylic acids is 1. The number of ether oxygens (including phenoxy) is 1. The molecule has 1 aliphatic heterocycles. The number of hydrogen-bond acceptors (Lipinski definition) is 7. The van der Waals surface area contributed by atoms with Crippen molar-refractivity contribution in [2.75, 3.05) is 6.61 Å². The first-order valence-electron chi connectivity index (χ1n) is 4.02. The average molecular weight is 208 g/mol. The molecule has 5 atom stereocenters. The van der Waals surface area contributed by atoms with Gasteiger partial charge in [-0.3, -0.25) is 0 Å². The summed E-state index contributed by atoms with van der Waals surface area (Å²) in [5.74, 6) is -1.06. The third-order valence-electron chi connectivity index (χ3n) is 2.07. The summed E-state index contributed by atoms with van der Waals surface area (Å²) in [6.45, 7) is -0.738. The van der Waals surface area contributed by atoms with Crippen LogP contribution in [0.4, 0.5) is 0 Å². The van der Waals surface area contributed by atoms with Gasteiger partial charge in [-0.25, -0.2) is 4.79 Å². The summed E-state index contributed by atoms with van der Waals surface area (Å²) in [4.78, 5) is 10.7. The van der Waals surface area contributed by atoms with Crippen molar-refractivity contribution in [1.29, 1.82) is 0 Å². The lowest BCUT2D eigenvalue weighted by atomic mass is 10.0. The molecule has 1 aliphatic rings. The summed E-state index contributed by atoms with van der Waals surface area (Å²) in [6, 6.07) is 0. The van der Waals surface area contributed by atoms with Gasteiger partial charge < -0.3 is 30.3 Å². The fourth-order valence-electron chi connectivity index (χ4n) is 1.19. The quantitative estimate of drug-likeness (QED) is 0.302. The fourth-order valence-corrected chi connectivity index (χ4v) is 1.19. The van der Waals surface area contributed by atoms with Crippen LogP contribution >= 0.6 is 0 Å². The molecule has 5 N–H and O–H groups in total. The molecular weight excluding hydrogens is 196 g/mol. The second-order valence-electron chi connectivity index (χ2n) is 3.08. The molecule has 0 radical (unpaired) electrons. The molecule has 0 spiro atoms. The third-order valence-corrected chi connectivity index (χ3v) is 2.07. The number of rotatable bonds is 3. The van der Waals surface area contributed by atoms with E-state index >= 15 is 0 Å². The third kappa shape index (κ3) is 1.86. The number of hydrogen-bond donors (Lipinski definition) is 5. The Morgan fingerprint density at radius 1 is 1.36 bits per heavy atom. The zero-order valence-electron chi connectivity index (χ0n) is 7.15. The first-order chi connectivity index (χ1) is 6.49. The zero-order chi connectivity index (χ0) is 10.9. The molecule has 0 aliphatic carbocycles. The highest BCUT2D eigenvalue weighted by Gasteiger charge is 2.47. The maximum Gasteiger partial charge on any atom is 0.338 e. The van der Waals surface area contributed by atoms with Gasteiger partial charge in [0, 0.05) is 0 Å². The topological polar surface area (TPSA) is 127 Å². The second-order valence-corrected chi connectivity index (χ2v) is 3.08. The molecule has 14 heavy (non-hydrogen) atoms. The molecule has 0 saturated carbocycles. The number of aliphatic hydroxyl groups excluding tert-OH is 5. The number of aliphatic hydroxyl groups is 5. The van der Waals surface area contributed by atoms with Crippen LogP contribution < -0.4 is 0 Å². The number of esters is 1. The van der Waals surface area contributed by atoms with Crippen molar-refractivity contribution < 1.29 is 35.1 Å². The monoisotopic (exact) mass is 208 g/mol. The highest BCUT2D eigenvalue weighted by Crippen LogP contribution is 2.20. The van der Waals surface area contributed by atoms with Crippen molar-refractivity contribution in [2.24, 2.45) is 0 Å². The van der Waals surface area contributed by atoms with Crippen molar-refractivity contribution in [3.63, 3.8) is 0 Å². The molecule has 0 aromatic heterocycles. The van der Waals surface area contributed by atoms with Gasteiger partial charge in [0.2, 0.25) is 0 Å². The van der Waals surface area contributed by atoms with E-state index in [1.807, 2.05) is 0 Å². The van der Waals surface area contributed by atoms with E-state index in [9.17, 15) is 15.0 Å². The van der Waals surface area contributed by atoms with Gasteiger partial charge in [-0.05, 0) is 0 Å². The molecular formula is C7H12O7. The van der Waals surface area contributed by atoms with Crippen molar-refractivity contribution in [3.8, 4) is 0 Å². The Bertz CT molecular complexity index is 218. The van der Waals surface area contributed by atoms with Crippen LogP contribution in [0.3, 0.4) is 0 Å². The highest BCUT2D eigenvalue weighted by atomic mass is 16.6. The first-order valence-corrected chi connectivity index (χ1v) is 4.02. The van der Waals surface area contributed by atoms with E-state index in [0.717, 1.165) is 0 Å². The Labute approximate surface area is 79.2 Å². The molecule has 0 unspecified atom stereocenters. The first kappa shape index (κ1) is 11.3. The van der Waals surface area contributed by atoms with E-state index in [-0.39, 0.29) is 0 Å². The molecule has 1 heterocycles. The van der Waals surface area contributed by atoms with Gasteiger partial charge in [0.25, 0.3) is 0 Å². The van der Waals surface area contributed by atoms with Crippen molar-refractivity contribution in [3.05, 3.63) is 0 Å². The van der Waals surface area contributed by atoms with E-state index in [1.54, 1.807) is 0 Å². The van der Waals surface area contributed by atoms with E-state index in [4.69, 9.17) is 15.3 Å². The van der Waals surface area contributed by atoms with Gasteiger partial charge in [0.1, 0.15) is 18.3 Å². The summed E-state index contributed by atoms with van der Waals surface area (Å²) in [5.41, 5.74) is 0. The predicted octanol–water partition coefficient (Wildman–Crippen LogP) is -3.65. The standard InChI is InChI=1S/C7H12O7/c8-1-2(9)3(10)6-4(11)5(12)7(13)14-6/h2-6,8-12H,1H2/t2-,3+,4-,5-,6-/m0/s1. The lowest BCUT2D eigenvalue weighted by molar-refractivity contribution is -0.155. The summed E-state index contributed by atoms with van der Waals surface area (Å²) >= 11 is 0. The molecule has 82 valence electrons. The predicted molar refractivity (Wildman–Crippen MR) is 41.0 cm³/mol. The summed E-state index contributed by atoms with van der Waals surface area (Å²) in [5, 5.41) is 44.9. The van der Waals surface area contributed by atoms with Gasteiger partial charge in [-0.2, -0.15) is 0 Å². The maximum atomic E-state index is 10.7. The largest absolute Gasteiger partial charge is 0.455 e. The molecule has 0 aromatic carbocycles.